The summed E-state index contributed by atoms with van der Waals surface area (Å²) in [5.74, 6) is 4.74. The smallest absolute Gasteiger partial charge is 0.364 e. The quantitative estimate of drug-likeness (QED) is 0.586. The molecule has 0 radical (unpaired) electrons. The van der Waals surface area contributed by atoms with Crippen LogP contribution in [0.15, 0.2) is 30.5 Å². The van der Waals surface area contributed by atoms with E-state index in [1.165, 1.54) is 0 Å². The van der Waals surface area contributed by atoms with Crippen LogP contribution in [0.4, 0.5) is 24.9 Å². The number of nitrogen functional groups attached to an aromatic ring is 1. The van der Waals surface area contributed by atoms with Gasteiger partial charge in [-0.3, -0.25) is 10.4 Å². The molecule has 20 heavy (non-hydrogen) atoms. The first-order valence-electron chi connectivity index (χ1n) is 5.55. The van der Waals surface area contributed by atoms with Crippen molar-refractivity contribution in [2.24, 2.45) is 5.84 Å². The molecule has 6 nitrogen and oxygen atoms in total. The molecule has 2 aromatic rings. The molecule has 0 aliphatic heterocycles. The molecule has 0 unspecified atom stereocenters. The number of nitrogens with one attached hydrogen (secondary N) is 2. The Hall–Kier alpha value is -2.42. The third-order valence-electron chi connectivity index (χ3n) is 2.32. The normalized spacial score (nSPS) is 11.2. The maximum absolute atomic E-state index is 12.6. The second-order valence-electron chi connectivity index (χ2n) is 3.78. The zero-order valence-corrected chi connectivity index (χ0v) is 10.1. The number of anilines is 2. The van der Waals surface area contributed by atoms with E-state index in [4.69, 9.17) is 5.84 Å². The van der Waals surface area contributed by atoms with Crippen molar-refractivity contribution in [1.82, 2.24) is 15.0 Å². The fourth-order valence-electron chi connectivity index (χ4n) is 1.43. The summed E-state index contributed by atoms with van der Waals surface area (Å²) < 4.78 is 37.9. The van der Waals surface area contributed by atoms with Crippen molar-refractivity contribution >= 4 is 11.8 Å². The number of rotatable bonds is 4. The van der Waals surface area contributed by atoms with Gasteiger partial charge in [-0.15, -0.1) is 0 Å². The molecule has 0 amide bonds. The fourth-order valence-corrected chi connectivity index (χ4v) is 1.43. The Labute approximate surface area is 112 Å². The number of nitrogens with two attached hydrogens (primary N) is 1. The minimum atomic E-state index is -4.57. The number of hydrogen-bond donors (Lipinski definition) is 3. The van der Waals surface area contributed by atoms with Crippen molar-refractivity contribution in [3.63, 3.8) is 0 Å². The number of aromatic nitrogens is 3. The van der Waals surface area contributed by atoms with Crippen LogP contribution in [0.3, 0.4) is 0 Å². The first-order valence-corrected chi connectivity index (χ1v) is 5.55. The molecule has 9 heteroatoms. The summed E-state index contributed by atoms with van der Waals surface area (Å²) in [4.78, 5) is 11.1. The van der Waals surface area contributed by atoms with Crippen LogP contribution >= 0.6 is 0 Å². The van der Waals surface area contributed by atoms with Crippen LogP contribution in [-0.2, 0) is 12.7 Å². The highest BCUT2D eigenvalue weighted by atomic mass is 19.4. The Morgan fingerprint density at radius 3 is 2.60 bits per heavy atom. The summed E-state index contributed by atoms with van der Waals surface area (Å²) in [6.07, 6.45) is -2.99. The van der Waals surface area contributed by atoms with E-state index in [1.54, 1.807) is 24.4 Å². The van der Waals surface area contributed by atoms with E-state index in [2.05, 4.69) is 20.3 Å². The monoisotopic (exact) mass is 284 g/mol. The molecule has 0 atom stereocenters. The molecule has 4 N–H and O–H groups in total. The van der Waals surface area contributed by atoms with Gasteiger partial charge in [0.1, 0.15) is 5.82 Å². The minimum absolute atomic E-state index is 0.00549. The van der Waals surface area contributed by atoms with Gasteiger partial charge >= 0.3 is 6.18 Å². The minimum Gasteiger partial charge on any atom is -0.364 e. The van der Waals surface area contributed by atoms with Crippen LogP contribution in [-0.4, -0.2) is 15.0 Å². The van der Waals surface area contributed by atoms with Crippen LogP contribution in [0.2, 0.25) is 0 Å². The number of hydrazine groups is 1. The van der Waals surface area contributed by atoms with Crippen LogP contribution in [0.5, 0.6) is 0 Å². The lowest BCUT2D eigenvalue weighted by Gasteiger charge is -2.11. The zero-order chi connectivity index (χ0) is 14.6. The van der Waals surface area contributed by atoms with E-state index >= 15 is 0 Å². The standard InChI is InChI=1S/C11H11F3N6/c12-11(13,14)8-5-9(19-10(18-8)20-15)17-6-7-3-1-2-4-16-7/h1-5H,6,15H2,(H2,17,18,19,20). The predicted octanol–water partition coefficient (Wildman–Crippen LogP) is 1.79. The van der Waals surface area contributed by atoms with Crippen LogP contribution in [0, 0.1) is 0 Å². The van der Waals surface area contributed by atoms with Gasteiger partial charge in [-0.2, -0.15) is 18.2 Å². The van der Waals surface area contributed by atoms with Gasteiger partial charge in [0.2, 0.25) is 5.95 Å². The van der Waals surface area contributed by atoms with Gasteiger partial charge in [0.05, 0.1) is 12.2 Å². The maximum Gasteiger partial charge on any atom is 0.433 e. The third kappa shape index (κ3) is 3.54. The topological polar surface area (TPSA) is 88.8 Å². The lowest BCUT2D eigenvalue weighted by atomic mass is 10.3. The number of hydrogen-bond acceptors (Lipinski definition) is 6. The van der Waals surface area contributed by atoms with Gasteiger partial charge in [0.15, 0.2) is 5.69 Å². The zero-order valence-electron chi connectivity index (χ0n) is 10.1. The van der Waals surface area contributed by atoms with Crippen molar-refractivity contribution in [3.8, 4) is 0 Å². The molecule has 0 aromatic carbocycles. The van der Waals surface area contributed by atoms with Crippen LogP contribution < -0.4 is 16.6 Å². The van der Waals surface area contributed by atoms with E-state index in [0.29, 0.717) is 5.69 Å². The largest absolute Gasteiger partial charge is 0.433 e. The van der Waals surface area contributed by atoms with Crippen molar-refractivity contribution < 1.29 is 13.2 Å². The van der Waals surface area contributed by atoms with E-state index in [-0.39, 0.29) is 18.3 Å². The average molecular weight is 284 g/mol. The molecule has 0 bridgehead atoms. The van der Waals surface area contributed by atoms with Gasteiger partial charge in [-0.05, 0) is 12.1 Å². The van der Waals surface area contributed by atoms with Crippen molar-refractivity contribution in [2.45, 2.75) is 12.7 Å². The molecule has 2 rings (SSSR count). The first-order chi connectivity index (χ1) is 9.49. The first kappa shape index (κ1) is 14.0. The van der Waals surface area contributed by atoms with Crippen LogP contribution in [0.1, 0.15) is 11.4 Å². The predicted molar refractivity (Wildman–Crippen MR) is 66.4 cm³/mol. The van der Waals surface area contributed by atoms with Gasteiger partial charge in [-0.25, -0.2) is 10.8 Å². The number of alkyl halides is 3. The molecule has 0 fully saturated rings. The Kier molecular flexibility index (Phi) is 3.99. The van der Waals surface area contributed by atoms with E-state index < -0.39 is 11.9 Å². The van der Waals surface area contributed by atoms with Gasteiger partial charge < -0.3 is 5.32 Å². The molecule has 2 aromatic heterocycles. The summed E-state index contributed by atoms with van der Waals surface area (Å²) in [5, 5.41) is 2.74. The van der Waals surface area contributed by atoms with Crippen molar-refractivity contribution in [2.75, 3.05) is 10.7 Å². The second-order valence-corrected chi connectivity index (χ2v) is 3.78. The third-order valence-corrected chi connectivity index (χ3v) is 2.32. The van der Waals surface area contributed by atoms with Crippen molar-refractivity contribution in [3.05, 3.63) is 41.9 Å². The SMILES string of the molecule is NNc1nc(NCc2ccccn2)cc(C(F)(F)F)n1. The molecular weight excluding hydrogens is 273 g/mol. The average Bonchev–Trinajstić information content (AvgIpc) is 2.45. The highest BCUT2D eigenvalue weighted by Gasteiger charge is 2.33. The van der Waals surface area contributed by atoms with E-state index in [0.717, 1.165) is 6.07 Å². The fraction of sp³-hybridized carbons (Fsp3) is 0.182. The van der Waals surface area contributed by atoms with Crippen LogP contribution in [0.25, 0.3) is 0 Å². The summed E-state index contributed by atoms with van der Waals surface area (Å²) in [6, 6.07) is 6.06. The summed E-state index contributed by atoms with van der Waals surface area (Å²) >= 11 is 0. The van der Waals surface area contributed by atoms with E-state index in [9.17, 15) is 13.2 Å². The maximum atomic E-state index is 12.6. The van der Waals surface area contributed by atoms with E-state index in [1.807, 2.05) is 5.43 Å². The number of pyridine rings is 1. The lowest BCUT2D eigenvalue weighted by Crippen LogP contribution is -2.17. The Morgan fingerprint density at radius 1 is 1.20 bits per heavy atom. The Balaban J connectivity index is 2.19. The number of halogens is 3. The summed E-state index contributed by atoms with van der Waals surface area (Å²) in [5.41, 5.74) is 1.59. The molecule has 106 valence electrons. The molecule has 2 heterocycles. The Bertz CT molecular complexity index is 572. The van der Waals surface area contributed by atoms with Crippen molar-refractivity contribution in [1.29, 1.82) is 0 Å². The summed E-state index contributed by atoms with van der Waals surface area (Å²) in [7, 11) is 0. The molecule has 0 saturated heterocycles. The summed E-state index contributed by atoms with van der Waals surface area (Å²) in [6.45, 7) is 0.235. The van der Waals surface area contributed by atoms with Gasteiger partial charge in [0, 0.05) is 12.3 Å². The number of nitrogens with zero attached hydrogens (tertiary/aromatic N) is 3. The molecule has 0 saturated carbocycles. The van der Waals surface area contributed by atoms with Gasteiger partial charge in [-0.1, -0.05) is 6.07 Å². The highest BCUT2D eigenvalue weighted by molar-refractivity contribution is 5.42. The molecule has 0 aliphatic carbocycles. The molecule has 0 spiro atoms. The second kappa shape index (κ2) is 5.70. The molecule has 0 aliphatic rings. The highest BCUT2D eigenvalue weighted by Crippen LogP contribution is 2.29. The molecular formula is C11H11F3N6. The van der Waals surface area contributed by atoms with Gasteiger partial charge in [0.25, 0.3) is 0 Å². The lowest BCUT2D eigenvalue weighted by molar-refractivity contribution is -0.141. The Morgan fingerprint density at radius 2 is 2.00 bits per heavy atom.